The molecule has 0 radical (unpaired) electrons. The molecule has 1 fully saturated rings. The molecule has 4 rings (SSSR count). The molecule has 0 saturated heterocycles. The number of nitrogens with one attached hydrogen (secondary N) is 2. The van der Waals surface area contributed by atoms with Gasteiger partial charge in [0.15, 0.2) is 0 Å². The Hall–Kier alpha value is -2.66. The number of carbonyl (C=O) groups is 2. The first kappa shape index (κ1) is 18.7. The van der Waals surface area contributed by atoms with Crippen LogP contribution >= 0.6 is 11.3 Å². The molecule has 2 aromatic carbocycles. The first-order valence-electron chi connectivity index (χ1n) is 9.74. The van der Waals surface area contributed by atoms with Crippen LogP contribution in [0.4, 0.5) is 0 Å². The van der Waals surface area contributed by atoms with Gasteiger partial charge in [0.2, 0.25) is 5.91 Å². The summed E-state index contributed by atoms with van der Waals surface area (Å²) in [6.07, 6.45) is 4.62. The summed E-state index contributed by atoms with van der Waals surface area (Å²) in [5.41, 5.74) is 0.629. The van der Waals surface area contributed by atoms with Gasteiger partial charge in [-0.05, 0) is 47.2 Å². The molecule has 4 nitrogen and oxygen atoms in total. The minimum atomic E-state index is -0.227. The standard InChI is InChI=1S/C23H24N2O2S/c26-21(25-16-23(11-3-4-12-23)20-8-5-13-28-20)15-24-22(27)19-10-9-17-6-1-2-7-18(17)14-19/h1-2,5-10,13-14H,3-4,11-12,15-16H2,(H,24,27)(H,25,26). The molecule has 2 amide bonds. The summed E-state index contributed by atoms with van der Waals surface area (Å²) >= 11 is 1.77. The third kappa shape index (κ3) is 3.94. The monoisotopic (exact) mass is 392 g/mol. The van der Waals surface area contributed by atoms with Crippen molar-refractivity contribution in [3.63, 3.8) is 0 Å². The summed E-state index contributed by atoms with van der Waals surface area (Å²) in [5.74, 6) is -0.369. The maximum atomic E-state index is 12.4. The number of rotatable bonds is 6. The van der Waals surface area contributed by atoms with Crippen LogP contribution in [0, 0.1) is 0 Å². The summed E-state index contributed by atoms with van der Waals surface area (Å²) in [7, 11) is 0. The molecule has 0 aliphatic heterocycles. The van der Waals surface area contributed by atoms with Crippen LogP contribution in [0.2, 0.25) is 0 Å². The molecule has 1 aliphatic rings. The predicted molar refractivity (Wildman–Crippen MR) is 114 cm³/mol. The molecule has 1 aliphatic carbocycles. The number of carbonyl (C=O) groups excluding carboxylic acids is 2. The van der Waals surface area contributed by atoms with Crippen LogP contribution in [0.15, 0.2) is 60.0 Å². The lowest BCUT2D eigenvalue weighted by Crippen LogP contribution is -2.43. The minimum Gasteiger partial charge on any atom is -0.354 e. The topological polar surface area (TPSA) is 58.2 Å². The summed E-state index contributed by atoms with van der Waals surface area (Å²) in [6.45, 7) is 0.629. The van der Waals surface area contributed by atoms with Crippen molar-refractivity contribution < 1.29 is 9.59 Å². The van der Waals surface area contributed by atoms with Crippen molar-refractivity contribution >= 4 is 33.9 Å². The number of amides is 2. The summed E-state index contributed by atoms with van der Waals surface area (Å²) in [5, 5.41) is 9.98. The Kier molecular flexibility index (Phi) is 5.44. The van der Waals surface area contributed by atoms with E-state index in [1.807, 2.05) is 36.4 Å². The van der Waals surface area contributed by atoms with E-state index in [1.165, 1.54) is 17.7 Å². The molecule has 2 N–H and O–H groups in total. The van der Waals surface area contributed by atoms with Gasteiger partial charge in [-0.2, -0.15) is 0 Å². The molecule has 3 aromatic rings. The van der Waals surface area contributed by atoms with Gasteiger partial charge in [-0.1, -0.05) is 49.2 Å². The lowest BCUT2D eigenvalue weighted by atomic mass is 9.84. The minimum absolute atomic E-state index is 0.00776. The molecular formula is C23H24N2O2S. The van der Waals surface area contributed by atoms with Crippen LogP contribution in [0.3, 0.4) is 0 Å². The van der Waals surface area contributed by atoms with Crippen molar-refractivity contribution in [2.24, 2.45) is 0 Å². The van der Waals surface area contributed by atoms with Gasteiger partial charge in [-0.3, -0.25) is 9.59 Å². The zero-order chi connectivity index (χ0) is 19.4. The van der Waals surface area contributed by atoms with Crippen LogP contribution < -0.4 is 10.6 Å². The molecule has 28 heavy (non-hydrogen) atoms. The first-order valence-corrected chi connectivity index (χ1v) is 10.6. The van der Waals surface area contributed by atoms with Crippen LogP contribution in [0.1, 0.15) is 40.9 Å². The second kappa shape index (κ2) is 8.15. The molecule has 0 spiro atoms. The van der Waals surface area contributed by atoms with Gasteiger partial charge in [-0.15, -0.1) is 11.3 Å². The second-order valence-electron chi connectivity index (χ2n) is 7.49. The van der Waals surface area contributed by atoms with E-state index < -0.39 is 0 Å². The fourth-order valence-corrected chi connectivity index (χ4v) is 5.05. The van der Waals surface area contributed by atoms with E-state index >= 15 is 0 Å². The van der Waals surface area contributed by atoms with E-state index in [0.29, 0.717) is 12.1 Å². The van der Waals surface area contributed by atoms with E-state index in [9.17, 15) is 9.59 Å². The fourth-order valence-electron chi connectivity index (χ4n) is 4.07. The lowest BCUT2D eigenvalue weighted by Gasteiger charge is -2.28. The van der Waals surface area contributed by atoms with Gasteiger partial charge in [0.1, 0.15) is 0 Å². The molecule has 0 atom stereocenters. The Labute approximate surface area is 169 Å². The quantitative estimate of drug-likeness (QED) is 0.659. The van der Waals surface area contributed by atoms with Gasteiger partial charge in [0, 0.05) is 22.4 Å². The highest BCUT2D eigenvalue weighted by atomic mass is 32.1. The van der Waals surface area contributed by atoms with E-state index in [-0.39, 0.29) is 23.8 Å². The van der Waals surface area contributed by atoms with Crippen LogP contribution in [0.5, 0.6) is 0 Å². The van der Waals surface area contributed by atoms with Crippen LogP contribution in [0.25, 0.3) is 10.8 Å². The van der Waals surface area contributed by atoms with Crippen molar-refractivity contribution in [2.45, 2.75) is 31.1 Å². The Bertz CT molecular complexity index is 975. The molecule has 0 bridgehead atoms. The van der Waals surface area contributed by atoms with E-state index in [2.05, 4.69) is 28.1 Å². The van der Waals surface area contributed by atoms with Gasteiger partial charge in [0.25, 0.3) is 5.91 Å². The maximum Gasteiger partial charge on any atom is 0.251 e. The second-order valence-corrected chi connectivity index (χ2v) is 8.43. The Morgan fingerprint density at radius 3 is 2.46 bits per heavy atom. The van der Waals surface area contributed by atoms with Crippen molar-refractivity contribution in [3.05, 3.63) is 70.4 Å². The Morgan fingerprint density at radius 2 is 1.71 bits per heavy atom. The zero-order valence-electron chi connectivity index (χ0n) is 15.7. The van der Waals surface area contributed by atoms with Gasteiger partial charge in [0.05, 0.1) is 6.54 Å². The highest BCUT2D eigenvalue weighted by molar-refractivity contribution is 7.10. The summed E-state index contributed by atoms with van der Waals surface area (Å²) < 4.78 is 0. The summed E-state index contributed by atoms with van der Waals surface area (Å²) in [6, 6.07) is 17.7. The highest BCUT2D eigenvalue weighted by Gasteiger charge is 2.36. The smallest absolute Gasteiger partial charge is 0.251 e. The predicted octanol–water partition coefficient (Wildman–Crippen LogP) is 4.26. The summed E-state index contributed by atoms with van der Waals surface area (Å²) in [4.78, 5) is 26.1. The third-order valence-electron chi connectivity index (χ3n) is 5.65. The van der Waals surface area contributed by atoms with Crippen LogP contribution in [-0.2, 0) is 10.2 Å². The number of hydrogen-bond acceptors (Lipinski definition) is 3. The molecule has 0 unspecified atom stereocenters. The molecule has 144 valence electrons. The number of benzene rings is 2. The van der Waals surface area contributed by atoms with E-state index in [0.717, 1.165) is 23.6 Å². The Balaban J connectivity index is 1.33. The van der Waals surface area contributed by atoms with Gasteiger partial charge < -0.3 is 10.6 Å². The van der Waals surface area contributed by atoms with Crippen molar-refractivity contribution in [3.8, 4) is 0 Å². The first-order chi connectivity index (χ1) is 13.7. The average Bonchev–Trinajstić information content (AvgIpc) is 3.42. The number of hydrogen-bond donors (Lipinski definition) is 2. The van der Waals surface area contributed by atoms with Crippen molar-refractivity contribution in [2.75, 3.05) is 13.1 Å². The molecule has 1 aromatic heterocycles. The molecule has 1 saturated carbocycles. The average molecular weight is 393 g/mol. The van der Waals surface area contributed by atoms with Gasteiger partial charge in [-0.25, -0.2) is 0 Å². The van der Waals surface area contributed by atoms with E-state index in [4.69, 9.17) is 0 Å². The molecular weight excluding hydrogens is 368 g/mol. The Morgan fingerprint density at radius 1 is 0.929 bits per heavy atom. The number of fused-ring (bicyclic) bond motifs is 1. The normalized spacial score (nSPS) is 15.4. The molecule has 1 heterocycles. The molecule has 5 heteroatoms. The number of thiophene rings is 1. The van der Waals surface area contributed by atoms with E-state index in [1.54, 1.807) is 17.4 Å². The van der Waals surface area contributed by atoms with Crippen molar-refractivity contribution in [1.82, 2.24) is 10.6 Å². The SMILES string of the molecule is O=C(CNC(=O)c1ccc2ccccc2c1)NCC1(c2cccs2)CCCC1. The van der Waals surface area contributed by atoms with Crippen molar-refractivity contribution in [1.29, 1.82) is 0 Å². The fraction of sp³-hybridized carbons (Fsp3) is 0.304. The zero-order valence-corrected chi connectivity index (χ0v) is 16.6. The lowest BCUT2D eigenvalue weighted by molar-refractivity contribution is -0.120. The largest absolute Gasteiger partial charge is 0.354 e. The third-order valence-corrected chi connectivity index (χ3v) is 6.77. The van der Waals surface area contributed by atoms with Gasteiger partial charge >= 0.3 is 0 Å². The maximum absolute atomic E-state index is 12.4. The highest BCUT2D eigenvalue weighted by Crippen LogP contribution is 2.42. The van der Waals surface area contributed by atoms with Crippen LogP contribution in [-0.4, -0.2) is 24.9 Å².